The van der Waals surface area contributed by atoms with Crippen LogP contribution in [-0.2, 0) is 14.8 Å². The molecular weight excluding hydrogens is 298 g/mol. The van der Waals surface area contributed by atoms with Crippen molar-refractivity contribution in [1.82, 2.24) is 15.2 Å². The zero-order chi connectivity index (χ0) is 15.5. The Hall–Kier alpha value is -2.75. The molecule has 0 bridgehead atoms. The van der Waals surface area contributed by atoms with Gasteiger partial charge in [0.25, 0.3) is 16.0 Å². The second-order valence-electron chi connectivity index (χ2n) is 3.82. The van der Waals surface area contributed by atoms with E-state index < -0.39 is 16.0 Å². The average Bonchev–Trinajstić information content (AvgIpc) is 2.47. The molecule has 0 fully saturated rings. The third-order valence-electron chi connectivity index (χ3n) is 2.41. The van der Waals surface area contributed by atoms with E-state index in [0.29, 0.717) is 0 Å². The van der Waals surface area contributed by atoms with Crippen LogP contribution in [0, 0.1) is 0 Å². The maximum Gasteiger partial charge on any atom is 0.339 e. The number of anilines is 2. The Labute approximate surface area is 120 Å². The number of methoxy groups -OCH3 is 1. The molecule has 10 heteroatoms. The van der Waals surface area contributed by atoms with Crippen molar-refractivity contribution in [2.45, 2.75) is 4.90 Å². The van der Waals surface area contributed by atoms with Gasteiger partial charge >= 0.3 is 5.97 Å². The predicted octanol–water partition coefficient (Wildman–Crippen LogP) is 0.0412. The highest BCUT2D eigenvalue weighted by molar-refractivity contribution is 7.92. The number of hydrogen-bond acceptors (Lipinski definition) is 8. The third-order valence-corrected chi connectivity index (χ3v) is 3.78. The van der Waals surface area contributed by atoms with Crippen molar-refractivity contribution in [3.63, 3.8) is 0 Å². The van der Waals surface area contributed by atoms with Crippen LogP contribution in [0.1, 0.15) is 10.4 Å². The number of esters is 1. The van der Waals surface area contributed by atoms with Gasteiger partial charge in [-0.05, 0) is 18.2 Å². The predicted molar refractivity (Wildman–Crippen MR) is 72.8 cm³/mol. The van der Waals surface area contributed by atoms with Crippen LogP contribution in [0.15, 0.2) is 35.5 Å². The lowest BCUT2D eigenvalue weighted by Gasteiger charge is -2.10. The average molecular weight is 309 g/mol. The second-order valence-corrected chi connectivity index (χ2v) is 5.47. The standard InChI is InChI=1S/C11H11N5O4S/c1-20-10(17)8-3-2-7(12)6-9(8)21(18,19)16-11-13-4-5-14-15-11/h2-6H,12H2,1H3,(H,13,15,16). The molecule has 1 aromatic heterocycles. The van der Waals surface area contributed by atoms with Crippen LogP contribution in [0.3, 0.4) is 0 Å². The summed E-state index contributed by atoms with van der Waals surface area (Å²) in [7, 11) is -2.97. The molecule has 0 radical (unpaired) electrons. The Balaban J connectivity index is 2.49. The Morgan fingerprint density at radius 1 is 1.33 bits per heavy atom. The van der Waals surface area contributed by atoms with Gasteiger partial charge < -0.3 is 10.5 Å². The molecule has 9 nitrogen and oxygen atoms in total. The van der Waals surface area contributed by atoms with Gasteiger partial charge in [0.2, 0.25) is 0 Å². The SMILES string of the molecule is COC(=O)c1ccc(N)cc1S(=O)(=O)Nc1nccnn1. The number of hydrogen-bond donors (Lipinski definition) is 2. The van der Waals surface area contributed by atoms with Gasteiger partial charge in [-0.15, -0.1) is 5.10 Å². The lowest BCUT2D eigenvalue weighted by molar-refractivity contribution is 0.0596. The molecule has 2 rings (SSSR count). The molecule has 21 heavy (non-hydrogen) atoms. The van der Waals surface area contributed by atoms with Crippen LogP contribution >= 0.6 is 0 Å². The van der Waals surface area contributed by atoms with Crippen molar-refractivity contribution >= 4 is 27.6 Å². The molecule has 1 heterocycles. The smallest absolute Gasteiger partial charge is 0.339 e. The molecule has 0 saturated carbocycles. The lowest BCUT2D eigenvalue weighted by atomic mass is 10.2. The zero-order valence-electron chi connectivity index (χ0n) is 10.8. The summed E-state index contributed by atoms with van der Waals surface area (Å²) in [6, 6.07) is 3.80. The van der Waals surface area contributed by atoms with E-state index in [0.717, 1.165) is 13.2 Å². The molecule has 0 atom stereocenters. The number of sulfonamides is 1. The molecule has 0 aliphatic rings. The fraction of sp³-hybridized carbons (Fsp3) is 0.0909. The summed E-state index contributed by atoms with van der Waals surface area (Å²) in [5, 5.41) is 7.01. The molecule has 0 amide bonds. The number of carbonyl (C=O) groups excluding carboxylic acids is 1. The van der Waals surface area contributed by atoms with Gasteiger partial charge in [0.1, 0.15) is 4.90 Å². The first-order valence-electron chi connectivity index (χ1n) is 5.58. The Morgan fingerprint density at radius 2 is 2.10 bits per heavy atom. The third kappa shape index (κ3) is 3.23. The van der Waals surface area contributed by atoms with Gasteiger partial charge in [0.15, 0.2) is 0 Å². The molecule has 0 spiro atoms. The highest BCUT2D eigenvalue weighted by atomic mass is 32.2. The maximum atomic E-state index is 12.3. The normalized spacial score (nSPS) is 10.9. The number of carbonyl (C=O) groups is 1. The van der Waals surface area contributed by atoms with Crippen LogP contribution in [0.2, 0.25) is 0 Å². The van der Waals surface area contributed by atoms with Crippen LogP contribution < -0.4 is 10.5 Å². The number of nitrogens with two attached hydrogens (primary N) is 1. The topological polar surface area (TPSA) is 137 Å². The number of aromatic nitrogens is 3. The monoisotopic (exact) mass is 309 g/mol. The summed E-state index contributed by atoms with van der Waals surface area (Å²) in [6.07, 6.45) is 2.56. The fourth-order valence-electron chi connectivity index (χ4n) is 1.51. The van der Waals surface area contributed by atoms with Crippen molar-refractivity contribution in [2.75, 3.05) is 17.6 Å². The van der Waals surface area contributed by atoms with E-state index in [2.05, 4.69) is 24.6 Å². The number of ether oxygens (including phenoxy) is 1. The summed E-state index contributed by atoms with van der Waals surface area (Å²) in [4.78, 5) is 15.0. The Bertz CT molecular complexity index is 763. The highest BCUT2D eigenvalue weighted by Gasteiger charge is 2.24. The summed E-state index contributed by atoms with van der Waals surface area (Å²) in [6.45, 7) is 0. The van der Waals surface area contributed by atoms with Crippen molar-refractivity contribution in [3.05, 3.63) is 36.2 Å². The van der Waals surface area contributed by atoms with E-state index >= 15 is 0 Å². The number of nitrogens with one attached hydrogen (secondary N) is 1. The fourth-order valence-corrected chi connectivity index (χ4v) is 2.69. The Kier molecular flexibility index (Phi) is 3.98. The molecular formula is C11H11N5O4S. The summed E-state index contributed by atoms with van der Waals surface area (Å²) in [5.41, 5.74) is 5.60. The summed E-state index contributed by atoms with van der Waals surface area (Å²) < 4.78 is 31.3. The van der Waals surface area contributed by atoms with Crippen LogP contribution in [0.4, 0.5) is 11.6 Å². The van der Waals surface area contributed by atoms with Crippen LogP contribution in [0.25, 0.3) is 0 Å². The first-order valence-corrected chi connectivity index (χ1v) is 7.06. The molecule has 0 aliphatic carbocycles. The van der Waals surface area contributed by atoms with E-state index in [1.165, 1.54) is 24.5 Å². The van der Waals surface area contributed by atoms with Gasteiger partial charge in [-0.3, -0.25) is 0 Å². The van der Waals surface area contributed by atoms with Gasteiger partial charge in [-0.2, -0.15) is 5.10 Å². The Morgan fingerprint density at radius 3 is 2.71 bits per heavy atom. The lowest BCUT2D eigenvalue weighted by Crippen LogP contribution is -2.19. The first kappa shape index (κ1) is 14.7. The van der Waals surface area contributed by atoms with Crippen molar-refractivity contribution in [3.8, 4) is 0 Å². The number of nitrogen functional groups attached to an aromatic ring is 1. The molecule has 1 aromatic carbocycles. The second kappa shape index (κ2) is 5.71. The first-order chi connectivity index (χ1) is 9.94. The minimum absolute atomic E-state index is 0.150. The van der Waals surface area contributed by atoms with Crippen LogP contribution in [-0.4, -0.2) is 36.7 Å². The van der Waals surface area contributed by atoms with E-state index in [1.54, 1.807) is 0 Å². The van der Waals surface area contributed by atoms with Crippen molar-refractivity contribution in [2.24, 2.45) is 0 Å². The number of rotatable bonds is 4. The highest BCUT2D eigenvalue weighted by Crippen LogP contribution is 2.21. The molecule has 3 N–H and O–H groups in total. The molecule has 0 unspecified atom stereocenters. The van der Waals surface area contributed by atoms with Crippen LogP contribution in [0.5, 0.6) is 0 Å². The van der Waals surface area contributed by atoms with Crippen molar-refractivity contribution in [1.29, 1.82) is 0 Å². The minimum atomic E-state index is -4.12. The molecule has 0 saturated heterocycles. The number of nitrogens with zero attached hydrogens (tertiary/aromatic N) is 3. The molecule has 110 valence electrons. The molecule has 2 aromatic rings. The summed E-state index contributed by atoms with van der Waals surface area (Å²) in [5.74, 6) is -1.03. The van der Waals surface area contributed by atoms with E-state index in [1.807, 2.05) is 0 Å². The van der Waals surface area contributed by atoms with E-state index in [-0.39, 0.29) is 22.1 Å². The largest absolute Gasteiger partial charge is 0.465 e. The minimum Gasteiger partial charge on any atom is -0.465 e. The molecule has 0 aliphatic heterocycles. The summed E-state index contributed by atoms with van der Waals surface area (Å²) >= 11 is 0. The van der Waals surface area contributed by atoms with Gasteiger partial charge in [0, 0.05) is 5.69 Å². The van der Waals surface area contributed by atoms with Gasteiger partial charge in [-0.1, -0.05) is 0 Å². The zero-order valence-corrected chi connectivity index (χ0v) is 11.7. The van der Waals surface area contributed by atoms with E-state index in [4.69, 9.17) is 5.73 Å². The van der Waals surface area contributed by atoms with Gasteiger partial charge in [-0.25, -0.2) is 22.9 Å². The maximum absolute atomic E-state index is 12.3. The quantitative estimate of drug-likeness (QED) is 0.596. The van der Waals surface area contributed by atoms with Gasteiger partial charge in [0.05, 0.1) is 25.1 Å². The number of benzene rings is 1. The van der Waals surface area contributed by atoms with E-state index in [9.17, 15) is 13.2 Å². The van der Waals surface area contributed by atoms with Crippen molar-refractivity contribution < 1.29 is 17.9 Å².